The van der Waals surface area contributed by atoms with Crippen molar-refractivity contribution in [3.63, 3.8) is 0 Å². The molecule has 0 aromatic heterocycles. The summed E-state index contributed by atoms with van der Waals surface area (Å²) in [5.74, 6) is -0.393. The fourth-order valence-electron chi connectivity index (χ4n) is 3.71. The van der Waals surface area contributed by atoms with Gasteiger partial charge in [0.25, 0.3) is 0 Å². The van der Waals surface area contributed by atoms with Crippen LogP contribution in [0, 0.1) is 5.92 Å². The molecule has 0 saturated carbocycles. The molecule has 2 atom stereocenters. The molecule has 0 aliphatic rings. The summed E-state index contributed by atoms with van der Waals surface area (Å²) in [6.45, 7) is 5.96. The molecule has 5 nitrogen and oxygen atoms in total. The van der Waals surface area contributed by atoms with Gasteiger partial charge < -0.3 is 15.3 Å². The molecule has 0 aromatic carbocycles. The van der Waals surface area contributed by atoms with Crippen LogP contribution >= 0.6 is 0 Å². The van der Waals surface area contributed by atoms with E-state index >= 15 is 0 Å². The molecule has 0 aliphatic carbocycles. The van der Waals surface area contributed by atoms with E-state index in [9.17, 15) is 20.1 Å². The van der Waals surface area contributed by atoms with Gasteiger partial charge >= 0.3 is 5.91 Å². The van der Waals surface area contributed by atoms with E-state index in [1.807, 2.05) is 6.92 Å². The van der Waals surface area contributed by atoms with Crippen LogP contribution in [-0.2, 0) is 4.79 Å². The van der Waals surface area contributed by atoms with Crippen molar-refractivity contribution in [2.75, 3.05) is 33.4 Å². The summed E-state index contributed by atoms with van der Waals surface area (Å²) in [5, 5.41) is 29.5. The largest absolute Gasteiger partial charge is 0.390 e. The van der Waals surface area contributed by atoms with Gasteiger partial charge in [-0.2, -0.15) is 0 Å². The van der Waals surface area contributed by atoms with E-state index in [4.69, 9.17) is 0 Å². The Morgan fingerprint density at radius 1 is 0.960 bits per heavy atom. The molecule has 0 fully saturated rings. The minimum Gasteiger partial charge on any atom is -0.390 e. The summed E-state index contributed by atoms with van der Waals surface area (Å²) in [7, 11) is 1.68. The molecule has 0 rings (SSSR count). The number of carbonyl (C=O) groups excluding carboxylic acids is 1. The van der Waals surface area contributed by atoms with Crippen molar-refractivity contribution >= 4 is 5.91 Å². The number of likely N-dealkylation sites (N-methyl/N-ethyl adjacent to an activating group) is 1. The van der Waals surface area contributed by atoms with Gasteiger partial charge in [0, 0.05) is 5.92 Å². The van der Waals surface area contributed by atoms with Crippen molar-refractivity contribution in [1.29, 1.82) is 0 Å². The highest BCUT2D eigenvalue weighted by atomic mass is 16.3. The van der Waals surface area contributed by atoms with E-state index in [0.717, 1.165) is 25.7 Å². The van der Waals surface area contributed by atoms with Crippen molar-refractivity contribution in [1.82, 2.24) is 0 Å². The molecule has 1 amide bonds. The lowest BCUT2D eigenvalue weighted by Crippen LogP contribution is -2.62. The van der Waals surface area contributed by atoms with E-state index in [1.54, 1.807) is 14.0 Å². The summed E-state index contributed by atoms with van der Waals surface area (Å²) in [4.78, 5) is 13.0. The maximum absolute atomic E-state index is 13.0. The molecular formula is C20H42NO4+. The van der Waals surface area contributed by atoms with Crippen LogP contribution < -0.4 is 0 Å². The van der Waals surface area contributed by atoms with E-state index in [2.05, 4.69) is 6.92 Å². The van der Waals surface area contributed by atoms with Gasteiger partial charge in [-0.25, -0.2) is 4.79 Å². The lowest BCUT2D eigenvalue weighted by atomic mass is 9.81. The smallest absolute Gasteiger partial charge is 0.345 e. The third-order valence-corrected chi connectivity index (χ3v) is 5.55. The number of aliphatic hydroxyl groups is 3. The number of amides is 1. The van der Waals surface area contributed by atoms with Crippen molar-refractivity contribution in [2.24, 2.45) is 5.92 Å². The monoisotopic (exact) mass is 360 g/mol. The average molecular weight is 361 g/mol. The summed E-state index contributed by atoms with van der Waals surface area (Å²) < 4.78 is -0.131. The molecule has 0 aliphatic heterocycles. The molecule has 0 aromatic rings. The van der Waals surface area contributed by atoms with Gasteiger partial charge in [0.05, 0.1) is 20.3 Å². The topological polar surface area (TPSA) is 77.8 Å². The van der Waals surface area contributed by atoms with Crippen LogP contribution in [0.15, 0.2) is 0 Å². The SMILES string of the molecule is CCCCCCCCCC(CC)C(C)(O)C(=O)[N+](C)(CCO)CCO. The fraction of sp³-hybridized carbons (Fsp3) is 0.950. The number of unbranched alkanes of at least 4 members (excludes halogenated alkanes) is 6. The standard InChI is InChI=1S/C20H42NO4/c1-5-7-8-9-10-11-12-13-18(6-2)20(3,25)19(24)21(4,14-16-22)15-17-23/h18,22-23,25H,5-17H2,1-4H3/q+1. The minimum absolute atomic E-state index is 0.0922. The number of rotatable bonds is 15. The van der Waals surface area contributed by atoms with E-state index < -0.39 is 5.60 Å². The maximum atomic E-state index is 13.0. The first kappa shape index (κ1) is 24.5. The quantitative estimate of drug-likeness (QED) is 0.310. The van der Waals surface area contributed by atoms with Crippen LogP contribution in [0.25, 0.3) is 0 Å². The molecule has 3 N–H and O–H groups in total. The zero-order valence-electron chi connectivity index (χ0n) is 17.0. The van der Waals surface area contributed by atoms with Crippen LogP contribution in [0.4, 0.5) is 0 Å². The Morgan fingerprint density at radius 2 is 1.44 bits per heavy atom. The Bertz CT molecular complexity index is 352. The fourth-order valence-corrected chi connectivity index (χ4v) is 3.71. The predicted octanol–water partition coefficient (Wildman–Crippen LogP) is 2.86. The van der Waals surface area contributed by atoms with Crippen LogP contribution in [0.1, 0.15) is 78.6 Å². The Labute approximate surface area is 154 Å². The second-order valence-electron chi connectivity index (χ2n) is 7.76. The zero-order valence-corrected chi connectivity index (χ0v) is 17.0. The Balaban J connectivity index is 4.67. The van der Waals surface area contributed by atoms with Gasteiger partial charge in [0.15, 0.2) is 5.60 Å². The van der Waals surface area contributed by atoms with Crippen LogP contribution in [0.3, 0.4) is 0 Å². The molecule has 0 heterocycles. The van der Waals surface area contributed by atoms with E-state index in [-0.39, 0.29) is 42.6 Å². The van der Waals surface area contributed by atoms with E-state index in [1.165, 1.54) is 32.1 Å². The highest BCUT2D eigenvalue weighted by Crippen LogP contribution is 2.30. The lowest BCUT2D eigenvalue weighted by Gasteiger charge is -2.39. The van der Waals surface area contributed by atoms with Gasteiger partial charge in [-0.1, -0.05) is 58.8 Å². The summed E-state index contributed by atoms with van der Waals surface area (Å²) >= 11 is 0. The average Bonchev–Trinajstić information content (AvgIpc) is 2.57. The number of hydrogen-bond donors (Lipinski definition) is 3. The summed E-state index contributed by atoms with van der Waals surface area (Å²) in [6, 6.07) is 0. The third-order valence-electron chi connectivity index (χ3n) is 5.55. The first-order chi connectivity index (χ1) is 11.8. The van der Waals surface area contributed by atoms with Gasteiger partial charge in [0.2, 0.25) is 0 Å². The molecule has 0 saturated heterocycles. The molecule has 0 radical (unpaired) electrons. The molecule has 2 unspecified atom stereocenters. The number of hydrogen-bond acceptors (Lipinski definition) is 4. The lowest BCUT2D eigenvalue weighted by molar-refractivity contribution is -0.839. The molecular weight excluding hydrogens is 318 g/mol. The number of quaternary nitrogens is 1. The first-order valence-corrected chi connectivity index (χ1v) is 10.1. The Hall–Kier alpha value is -0.490. The predicted molar refractivity (Wildman–Crippen MR) is 102 cm³/mol. The van der Waals surface area contributed by atoms with Crippen LogP contribution in [0.2, 0.25) is 0 Å². The summed E-state index contributed by atoms with van der Waals surface area (Å²) in [5.41, 5.74) is -1.43. The van der Waals surface area contributed by atoms with Crippen molar-refractivity contribution < 1.29 is 24.6 Å². The van der Waals surface area contributed by atoms with Gasteiger partial charge in [-0.15, -0.1) is 0 Å². The van der Waals surface area contributed by atoms with Crippen molar-refractivity contribution in [3.05, 3.63) is 0 Å². The van der Waals surface area contributed by atoms with Gasteiger partial charge in [0.1, 0.15) is 13.1 Å². The van der Waals surface area contributed by atoms with Crippen LogP contribution in [0.5, 0.6) is 0 Å². The molecule has 0 spiro atoms. The normalized spacial score (nSPS) is 15.8. The zero-order chi connectivity index (χ0) is 19.3. The second-order valence-corrected chi connectivity index (χ2v) is 7.76. The second kappa shape index (κ2) is 12.8. The van der Waals surface area contributed by atoms with Gasteiger partial charge in [-0.05, 0) is 19.8 Å². The summed E-state index contributed by atoms with van der Waals surface area (Å²) in [6.07, 6.45) is 10.1. The van der Waals surface area contributed by atoms with Gasteiger partial charge in [-0.3, -0.25) is 4.48 Å². The molecule has 5 heteroatoms. The third kappa shape index (κ3) is 8.16. The van der Waals surface area contributed by atoms with Crippen molar-refractivity contribution in [2.45, 2.75) is 84.2 Å². The minimum atomic E-state index is -1.43. The maximum Gasteiger partial charge on any atom is 0.345 e. The molecule has 0 bridgehead atoms. The number of carbonyl (C=O) groups is 1. The molecule has 25 heavy (non-hydrogen) atoms. The van der Waals surface area contributed by atoms with Crippen molar-refractivity contribution in [3.8, 4) is 0 Å². The Morgan fingerprint density at radius 3 is 1.88 bits per heavy atom. The Kier molecular flexibility index (Phi) is 12.5. The number of aliphatic hydroxyl groups excluding tert-OH is 2. The molecule has 150 valence electrons. The van der Waals surface area contributed by atoms with Crippen LogP contribution in [-0.4, -0.2) is 64.7 Å². The first-order valence-electron chi connectivity index (χ1n) is 10.1. The van der Waals surface area contributed by atoms with E-state index in [0.29, 0.717) is 0 Å². The number of nitrogens with zero attached hydrogens (tertiary/aromatic N) is 1. The highest BCUT2D eigenvalue weighted by molar-refractivity contribution is 5.78. The highest BCUT2D eigenvalue weighted by Gasteiger charge is 2.48.